The highest BCUT2D eigenvalue weighted by Gasteiger charge is 2.64. The summed E-state index contributed by atoms with van der Waals surface area (Å²) in [6.45, 7) is 8.85. The zero-order valence-corrected chi connectivity index (χ0v) is 13.0. The number of nitrogens with one attached hydrogen (secondary N) is 1. The maximum Gasteiger partial charge on any atom is 0.242 e. The fourth-order valence-electron chi connectivity index (χ4n) is 2.88. The first-order valence-electron chi connectivity index (χ1n) is 6.55. The van der Waals surface area contributed by atoms with Crippen molar-refractivity contribution in [3.05, 3.63) is 24.0 Å². The molecule has 2 rings (SSSR count). The molecule has 20 heavy (non-hydrogen) atoms. The fourth-order valence-corrected chi connectivity index (χ4v) is 4.04. The summed E-state index contributed by atoms with van der Waals surface area (Å²) in [4.78, 5) is -0.0739. The second-order valence-electron chi connectivity index (χ2n) is 6.53. The minimum atomic E-state index is -3.70. The molecule has 0 saturated heterocycles. The van der Waals surface area contributed by atoms with Crippen LogP contribution in [-0.2, 0) is 10.0 Å². The second kappa shape index (κ2) is 4.43. The summed E-state index contributed by atoms with van der Waals surface area (Å²) >= 11 is 0. The number of halogens is 1. The topological polar surface area (TPSA) is 72.2 Å². The third kappa shape index (κ3) is 2.31. The minimum absolute atomic E-state index is 0.0739. The van der Waals surface area contributed by atoms with E-state index < -0.39 is 15.8 Å². The molecule has 6 heteroatoms. The van der Waals surface area contributed by atoms with E-state index >= 15 is 0 Å². The lowest BCUT2D eigenvalue weighted by Crippen LogP contribution is -2.28. The first kappa shape index (κ1) is 15.3. The molecule has 1 aromatic carbocycles. The van der Waals surface area contributed by atoms with Gasteiger partial charge in [0, 0.05) is 6.54 Å². The summed E-state index contributed by atoms with van der Waals surface area (Å²) < 4.78 is 40.0. The summed E-state index contributed by atoms with van der Waals surface area (Å²) in [6.07, 6.45) is 0. The molecule has 0 aromatic heterocycles. The molecule has 1 aromatic rings. The maximum absolute atomic E-state index is 13.0. The van der Waals surface area contributed by atoms with Gasteiger partial charge in [0.25, 0.3) is 0 Å². The Balaban J connectivity index is 2.14. The first-order chi connectivity index (χ1) is 9.00. The fraction of sp³-hybridized carbons (Fsp3) is 0.571. The van der Waals surface area contributed by atoms with Gasteiger partial charge in [-0.3, -0.25) is 0 Å². The molecule has 1 saturated carbocycles. The molecule has 0 atom stereocenters. The summed E-state index contributed by atoms with van der Waals surface area (Å²) in [5, 5.41) is 0. The zero-order valence-electron chi connectivity index (χ0n) is 12.2. The molecule has 0 aliphatic heterocycles. The molecule has 3 N–H and O–H groups in total. The Morgan fingerprint density at radius 1 is 1.25 bits per heavy atom. The van der Waals surface area contributed by atoms with Crippen molar-refractivity contribution in [2.75, 3.05) is 12.3 Å². The smallest absolute Gasteiger partial charge is 0.242 e. The lowest BCUT2D eigenvalue weighted by atomic mass is 10.0. The van der Waals surface area contributed by atoms with E-state index in [2.05, 4.69) is 32.4 Å². The van der Waals surface area contributed by atoms with E-state index in [4.69, 9.17) is 5.73 Å². The zero-order chi connectivity index (χ0) is 15.3. The van der Waals surface area contributed by atoms with Crippen LogP contribution in [0, 0.1) is 22.6 Å². The van der Waals surface area contributed by atoms with Gasteiger partial charge in [0.15, 0.2) is 0 Å². The number of hydrogen-bond acceptors (Lipinski definition) is 3. The van der Waals surface area contributed by atoms with Crippen LogP contribution in [0.2, 0.25) is 0 Å². The molecular formula is C14H21FN2O2S. The SMILES string of the molecule is CC1(C)C(CNS(=O)(=O)c2ccc(F)cc2N)C1(C)C. The molecule has 1 aliphatic carbocycles. The third-order valence-corrected chi connectivity index (χ3v) is 6.56. The van der Waals surface area contributed by atoms with E-state index in [1.54, 1.807) is 0 Å². The Hall–Kier alpha value is -1.14. The Kier molecular flexibility index (Phi) is 3.38. The first-order valence-corrected chi connectivity index (χ1v) is 8.03. The van der Waals surface area contributed by atoms with E-state index in [9.17, 15) is 12.8 Å². The highest BCUT2D eigenvalue weighted by atomic mass is 32.2. The van der Waals surface area contributed by atoms with Crippen molar-refractivity contribution in [2.24, 2.45) is 16.7 Å². The van der Waals surface area contributed by atoms with Crippen LogP contribution in [0.3, 0.4) is 0 Å². The summed E-state index contributed by atoms with van der Waals surface area (Å²) in [6, 6.07) is 3.30. The summed E-state index contributed by atoms with van der Waals surface area (Å²) in [5.41, 5.74) is 5.70. The van der Waals surface area contributed by atoms with Crippen molar-refractivity contribution < 1.29 is 12.8 Å². The molecule has 0 heterocycles. The van der Waals surface area contributed by atoms with Crippen molar-refractivity contribution in [3.8, 4) is 0 Å². The quantitative estimate of drug-likeness (QED) is 0.839. The van der Waals surface area contributed by atoms with Gasteiger partial charge in [-0.1, -0.05) is 27.7 Å². The second-order valence-corrected chi connectivity index (χ2v) is 8.27. The number of nitrogens with two attached hydrogens (primary N) is 1. The standard InChI is InChI=1S/C14H21FN2O2S/c1-13(2)12(14(13,3)4)8-17-20(18,19)11-6-5-9(15)7-10(11)16/h5-7,12,17H,8,16H2,1-4H3. The number of nitrogen functional groups attached to an aromatic ring is 1. The largest absolute Gasteiger partial charge is 0.398 e. The van der Waals surface area contributed by atoms with Crippen LogP contribution in [0.15, 0.2) is 23.1 Å². The highest BCUT2D eigenvalue weighted by Crippen LogP contribution is 2.67. The van der Waals surface area contributed by atoms with Gasteiger partial charge >= 0.3 is 0 Å². The lowest BCUT2D eigenvalue weighted by Gasteiger charge is -2.10. The van der Waals surface area contributed by atoms with Crippen LogP contribution >= 0.6 is 0 Å². The minimum Gasteiger partial charge on any atom is -0.398 e. The number of anilines is 1. The number of hydrogen-bond donors (Lipinski definition) is 2. The third-order valence-electron chi connectivity index (χ3n) is 5.06. The number of sulfonamides is 1. The van der Waals surface area contributed by atoms with Crippen LogP contribution in [0.5, 0.6) is 0 Å². The van der Waals surface area contributed by atoms with Gasteiger partial charge < -0.3 is 5.73 Å². The van der Waals surface area contributed by atoms with Gasteiger partial charge in [-0.25, -0.2) is 17.5 Å². The Morgan fingerprint density at radius 2 is 1.80 bits per heavy atom. The van der Waals surface area contributed by atoms with Crippen LogP contribution in [0.1, 0.15) is 27.7 Å². The van der Waals surface area contributed by atoms with Crippen molar-refractivity contribution in [1.82, 2.24) is 4.72 Å². The summed E-state index contributed by atoms with van der Waals surface area (Å²) in [5.74, 6) is -0.280. The van der Waals surface area contributed by atoms with Gasteiger partial charge in [0.1, 0.15) is 10.7 Å². The van der Waals surface area contributed by atoms with Gasteiger partial charge in [0.05, 0.1) is 5.69 Å². The molecule has 1 fully saturated rings. The predicted octanol–water partition coefficient (Wildman–Crippen LogP) is 2.37. The highest BCUT2D eigenvalue weighted by molar-refractivity contribution is 7.89. The van der Waals surface area contributed by atoms with Gasteiger partial charge in [-0.05, 0) is 34.9 Å². The molecule has 1 aliphatic rings. The molecular weight excluding hydrogens is 279 g/mol. The molecule has 0 bridgehead atoms. The van der Waals surface area contributed by atoms with Crippen molar-refractivity contribution in [2.45, 2.75) is 32.6 Å². The van der Waals surface area contributed by atoms with Gasteiger partial charge in [0.2, 0.25) is 10.0 Å². The van der Waals surface area contributed by atoms with Gasteiger partial charge in [-0.2, -0.15) is 0 Å². The van der Waals surface area contributed by atoms with Gasteiger partial charge in [-0.15, -0.1) is 0 Å². The predicted molar refractivity (Wildman–Crippen MR) is 77.1 cm³/mol. The molecule has 0 radical (unpaired) electrons. The monoisotopic (exact) mass is 300 g/mol. The summed E-state index contributed by atoms with van der Waals surface area (Å²) in [7, 11) is -3.70. The van der Waals surface area contributed by atoms with Crippen LogP contribution in [0.4, 0.5) is 10.1 Å². The average Bonchev–Trinajstić information content (AvgIpc) is 2.66. The average molecular weight is 300 g/mol. The normalized spacial score (nSPS) is 20.9. The Labute approximate surface area is 119 Å². The van der Waals surface area contributed by atoms with Crippen LogP contribution in [-0.4, -0.2) is 15.0 Å². The lowest BCUT2D eigenvalue weighted by molar-refractivity contribution is 0.457. The molecule has 4 nitrogen and oxygen atoms in total. The van der Waals surface area contributed by atoms with E-state index in [1.165, 1.54) is 6.07 Å². The van der Waals surface area contributed by atoms with Crippen molar-refractivity contribution >= 4 is 15.7 Å². The Bertz CT molecular complexity index is 625. The van der Waals surface area contributed by atoms with E-state index in [0.717, 1.165) is 12.1 Å². The molecule has 0 spiro atoms. The van der Waals surface area contributed by atoms with Crippen LogP contribution in [0.25, 0.3) is 0 Å². The number of benzene rings is 1. The molecule has 0 amide bonds. The van der Waals surface area contributed by atoms with E-state index in [0.29, 0.717) is 6.54 Å². The molecule has 112 valence electrons. The molecule has 0 unspecified atom stereocenters. The number of rotatable bonds is 4. The maximum atomic E-state index is 13.0. The van der Waals surface area contributed by atoms with Crippen LogP contribution < -0.4 is 10.5 Å². The van der Waals surface area contributed by atoms with Crippen molar-refractivity contribution in [1.29, 1.82) is 0 Å². The van der Waals surface area contributed by atoms with E-state index in [-0.39, 0.29) is 27.3 Å². The van der Waals surface area contributed by atoms with E-state index in [1.807, 2.05) is 0 Å². The Morgan fingerprint density at radius 3 is 2.25 bits per heavy atom. The van der Waals surface area contributed by atoms with Crippen molar-refractivity contribution in [3.63, 3.8) is 0 Å².